The van der Waals surface area contributed by atoms with Crippen LogP contribution in [0.3, 0.4) is 0 Å². The molecular formula is C20H20. The average Bonchev–Trinajstić information content (AvgIpc) is 2.48. The van der Waals surface area contributed by atoms with Crippen LogP contribution >= 0.6 is 0 Å². The SMILES string of the molecule is CCCCCCC#Cc1cccc2c1=c1ccccc1=2. The molecule has 1 aliphatic rings. The van der Waals surface area contributed by atoms with Gasteiger partial charge >= 0.3 is 0 Å². The normalized spacial score (nSPS) is 10.8. The minimum absolute atomic E-state index is 1.02. The Morgan fingerprint density at radius 3 is 2.45 bits per heavy atom. The van der Waals surface area contributed by atoms with E-state index in [1.54, 1.807) is 0 Å². The van der Waals surface area contributed by atoms with E-state index in [2.05, 4.69) is 61.2 Å². The fraction of sp³-hybridized carbons (Fsp3) is 0.300. The summed E-state index contributed by atoms with van der Waals surface area (Å²) in [6.45, 7) is 2.24. The smallest absolute Gasteiger partial charge is 0.0330 e. The zero-order valence-electron chi connectivity index (χ0n) is 12.1. The van der Waals surface area contributed by atoms with E-state index in [1.807, 2.05) is 0 Å². The Hall–Kier alpha value is -2.00. The molecule has 0 spiro atoms. The standard InChI is InChI=1S/C20H20/c1-2-3-4-5-6-7-11-16-12-10-15-19-17-13-8-9-14-18(17)20(16)19/h8-10,12-15H,2-6H2,1H3. The molecule has 0 N–H and O–H groups in total. The van der Waals surface area contributed by atoms with Crippen molar-refractivity contribution in [3.05, 3.63) is 68.9 Å². The summed E-state index contributed by atoms with van der Waals surface area (Å²) >= 11 is 0. The van der Waals surface area contributed by atoms with Gasteiger partial charge in [0.05, 0.1) is 0 Å². The van der Waals surface area contributed by atoms with Gasteiger partial charge in [0.25, 0.3) is 0 Å². The van der Waals surface area contributed by atoms with Gasteiger partial charge in [-0.05, 0) is 28.1 Å². The van der Waals surface area contributed by atoms with Gasteiger partial charge in [0, 0.05) is 17.2 Å². The number of fused-ring (bicyclic) bond motifs is 2. The van der Waals surface area contributed by atoms with Gasteiger partial charge < -0.3 is 0 Å². The highest BCUT2D eigenvalue weighted by Gasteiger charge is 2.03. The Kier molecular flexibility index (Phi) is 3.88. The molecule has 1 aliphatic carbocycles. The first-order chi connectivity index (χ1) is 9.92. The van der Waals surface area contributed by atoms with Gasteiger partial charge in [0.15, 0.2) is 0 Å². The van der Waals surface area contributed by atoms with Crippen molar-refractivity contribution in [3.8, 4) is 11.8 Å². The van der Waals surface area contributed by atoms with Crippen molar-refractivity contribution in [2.75, 3.05) is 0 Å². The number of rotatable bonds is 4. The second kappa shape index (κ2) is 5.97. The first kappa shape index (κ1) is 13.0. The number of hydrogen-bond donors (Lipinski definition) is 0. The van der Waals surface area contributed by atoms with E-state index in [0.717, 1.165) is 6.42 Å². The molecule has 0 bridgehead atoms. The van der Waals surface area contributed by atoms with Gasteiger partial charge in [-0.2, -0.15) is 0 Å². The van der Waals surface area contributed by atoms with Crippen molar-refractivity contribution < 1.29 is 0 Å². The van der Waals surface area contributed by atoms with Crippen LogP contribution in [-0.2, 0) is 0 Å². The molecule has 0 fully saturated rings. The van der Waals surface area contributed by atoms with Crippen LogP contribution in [0.2, 0.25) is 0 Å². The van der Waals surface area contributed by atoms with E-state index in [4.69, 9.17) is 0 Å². The highest BCUT2D eigenvalue weighted by atomic mass is 14.1. The minimum Gasteiger partial charge on any atom is -0.0979 e. The summed E-state index contributed by atoms with van der Waals surface area (Å²) < 4.78 is 0. The molecule has 0 atom stereocenters. The van der Waals surface area contributed by atoms with Crippen LogP contribution in [-0.4, -0.2) is 0 Å². The lowest BCUT2D eigenvalue weighted by Crippen LogP contribution is -1.94. The average molecular weight is 260 g/mol. The molecule has 0 amide bonds. The molecule has 0 radical (unpaired) electrons. The summed E-state index contributed by atoms with van der Waals surface area (Å²) in [6.07, 6.45) is 6.17. The van der Waals surface area contributed by atoms with E-state index in [0.29, 0.717) is 0 Å². The minimum atomic E-state index is 1.02. The zero-order valence-corrected chi connectivity index (χ0v) is 12.1. The first-order valence-electron chi connectivity index (χ1n) is 7.63. The maximum absolute atomic E-state index is 3.37. The van der Waals surface area contributed by atoms with E-state index >= 15 is 0 Å². The lowest BCUT2D eigenvalue weighted by molar-refractivity contribution is 0.679. The molecule has 0 heterocycles. The van der Waals surface area contributed by atoms with Crippen LogP contribution in [0.15, 0.2) is 42.5 Å². The quantitative estimate of drug-likeness (QED) is 0.462. The van der Waals surface area contributed by atoms with Crippen LogP contribution in [0.5, 0.6) is 0 Å². The maximum atomic E-state index is 3.37. The van der Waals surface area contributed by atoms with Crippen LogP contribution < -0.4 is 0 Å². The second-order valence-corrected chi connectivity index (χ2v) is 5.39. The van der Waals surface area contributed by atoms with Crippen LogP contribution in [0.1, 0.15) is 44.6 Å². The summed E-state index contributed by atoms with van der Waals surface area (Å²) in [5.74, 6) is 6.72. The predicted octanol–water partition coefficient (Wildman–Crippen LogP) is 4.90. The molecule has 0 saturated carbocycles. The highest BCUT2D eigenvalue weighted by molar-refractivity contribution is 5.42. The van der Waals surface area contributed by atoms with Crippen molar-refractivity contribution in [2.24, 2.45) is 0 Å². The van der Waals surface area contributed by atoms with Gasteiger partial charge in [-0.15, -0.1) is 0 Å². The molecule has 3 rings (SSSR count). The zero-order chi connectivity index (χ0) is 13.8. The Morgan fingerprint density at radius 2 is 1.60 bits per heavy atom. The fourth-order valence-corrected chi connectivity index (χ4v) is 2.84. The molecule has 0 unspecified atom stereocenters. The molecule has 0 heteroatoms. The number of benzene rings is 2. The summed E-state index contributed by atoms with van der Waals surface area (Å²) in [6, 6.07) is 15.1. The summed E-state index contributed by atoms with van der Waals surface area (Å²) in [5.41, 5.74) is 1.19. The molecule has 0 saturated heterocycles. The van der Waals surface area contributed by atoms with E-state index in [9.17, 15) is 0 Å². The summed E-state index contributed by atoms with van der Waals surface area (Å²) in [7, 11) is 0. The molecule has 0 nitrogen and oxygen atoms in total. The summed E-state index contributed by atoms with van der Waals surface area (Å²) in [5, 5.41) is 5.44. The molecule has 20 heavy (non-hydrogen) atoms. The molecular weight excluding hydrogens is 240 g/mol. The van der Waals surface area contributed by atoms with Crippen molar-refractivity contribution in [3.63, 3.8) is 0 Å². The third-order valence-corrected chi connectivity index (χ3v) is 3.93. The molecule has 0 aliphatic heterocycles. The van der Waals surface area contributed by atoms with Gasteiger partial charge in [-0.3, -0.25) is 0 Å². The Labute approximate surface area is 120 Å². The van der Waals surface area contributed by atoms with Gasteiger partial charge in [-0.1, -0.05) is 74.4 Å². The molecule has 2 aromatic carbocycles. The Bertz CT molecular complexity index is 847. The third-order valence-electron chi connectivity index (χ3n) is 3.93. The Balaban J connectivity index is 1.86. The fourth-order valence-electron chi connectivity index (χ4n) is 2.84. The highest BCUT2D eigenvalue weighted by Crippen LogP contribution is 2.15. The van der Waals surface area contributed by atoms with E-state index < -0.39 is 0 Å². The number of hydrogen-bond acceptors (Lipinski definition) is 0. The van der Waals surface area contributed by atoms with Crippen LogP contribution in [0, 0.1) is 32.7 Å². The van der Waals surface area contributed by atoms with E-state index in [1.165, 1.54) is 52.1 Å². The van der Waals surface area contributed by atoms with Crippen molar-refractivity contribution in [1.29, 1.82) is 0 Å². The van der Waals surface area contributed by atoms with Crippen molar-refractivity contribution in [1.82, 2.24) is 0 Å². The molecule has 100 valence electrons. The van der Waals surface area contributed by atoms with E-state index in [-0.39, 0.29) is 0 Å². The maximum Gasteiger partial charge on any atom is 0.0330 e. The van der Waals surface area contributed by atoms with Gasteiger partial charge in [0.2, 0.25) is 0 Å². The third kappa shape index (κ3) is 2.37. The Morgan fingerprint density at radius 1 is 0.800 bits per heavy atom. The topological polar surface area (TPSA) is 0 Å². The monoisotopic (exact) mass is 260 g/mol. The van der Waals surface area contributed by atoms with Gasteiger partial charge in [-0.25, -0.2) is 0 Å². The van der Waals surface area contributed by atoms with Crippen LogP contribution in [0.4, 0.5) is 0 Å². The first-order valence-corrected chi connectivity index (χ1v) is 7.63. The largest absolute Gasteiger partial charge is 0.0979 e. The van der Waals surface area contributed by atoms with Gasteiger partial charge in [0.1, 0.15) is 0 Å². The second-order valence-electron chi connectivity index (χ2n) is 5.39. The predicted molar refractivity (Wildman–Crippen MR) is 83.9 cm³/mol. The summed E-state index contributed by atoms with van der Waals surface area (Å²) in [4.78, 5) is 0. The lowest BCUT2D eigenvalue weighted by atomic mass is 9.97. The van der Waals surface area contributed by atoms with Crippen LogP contribution in [0.25, 0.3) is 0 Å². The van der Waals surface area contributed by atoms with Crippen molar-refractivity contribution >= 4 is 0 Å². The molecule has 2 aromatic rings. The van der Waals surface area contributed by atoms with Crippen molar-refractivity contribution in [2.45, 2.75) is 39.0 Å². The molecule has 0 aromatic heterocycles. The number of unbranched alkanes of at least 4 members (excludes halogenated alkanes) is 4. The lowest BCUT2D eigenvalue weighted by Gasteiger charge is -2.05.